The summed E-state index contributed by atoms with van der Waals surface area (Å²) in [6.07, 6.45) is 2.04. The standard InChI is InChI=1S/C9H16N2O2/c1-2-9(12)13-6-3-8-7-10-4-5-11-8/h2,8,10-11H,1,3-7H2. The largest absolute Gasteiger partial charge is 0.462 e. The van der Waals surface area contributed by atoms with E-state index < -0.39 is 0 Å². The van der Waals surface area contributed by atoms with Gasteiger partial charge in [-0.3, -0.25) is 0 Å². The molecule has 0 aromatic heterocycles. The zero-order chi connectivity index (χ0) is 9.52. The molecule has 0 amide bonds. The molecule has 0 aliphatic carbocycles. The molecule has 0 radical (unpaired) electrons. The molecule has 1 unspecified atom stereocenters. The predicted octanol–water partition coefficient (Wildman–Crippen LogP) is -0.333. The van der Waals surface area contributed by atoms with Crippen molar-refractivity contribution < 1.29 is 9.53 Å². The van der Waals surface area contributed by atoms with Crippen molar-refractivity contribution >= 4 is 5.97 Å². The fraction of sp³-hybridized carbons (Fsp3) is 0.667. The summed E-state index contributed by atoms with van der Waals surface area (Å²) in [4.78, 5) is 10.7. The molecule has 1 aliphatic rings. The van der Waals surface area contributed by atoms with Crippen LogP contribution in [-0.4, -0.2) is 38.3 Å². The summed E-state index contributed by atoms with van der Waals surface area (Å²) in [5, 5.41) is 6.59. The van der Waals surface area contributed by atoms with E-state index >= 15 is 0 Å². The number of rotatable bonds is 4. The Hall–Kier alpha value is -0.870. The molecule has 1 saturated heterocycles. The van der Waals surface area contributed by atoms with Crippen LogP contribution in [0.4, 0.5) is 0 Å². The fourth-order valence-electron chi connectivity index (χ4n) is 1.28. The lowest BCUT2D eigenvalue weighted by atomic mass is 10.2. The molecule has 1 atom stereocenters. The zero-order valence-electron chi connectivity index (χ0n) is 7.71. The van der Waals surface area contributed by atoms with E-state index in [4.69, 9.17) is 4.74 Å². The second-order valence-electron chi connectivity index (χ2n) is 3.02. The summed E-state index contributed by atoms with van der Waals surface area (Å²) >= 11 is 0. The van der Waals surface area contributed by atoms with Gasteiger partial charge in [-0.2, -0.15) is 0 Å². The van der Waals surface area contributed by atoms with Crippen molar-refractivity contribution in [3.8, 4) is 0 Å². The van der Waals surface area contributed by atoms with Crippen LogP contribution >= 0.6 is 0 Å². The summed E-state index contributed by atoms with van der Waals surface area (Å²) in [5.74, 6) is -0.344. The highest BCUT2D eigenvalue weighted by Gasteiger charge is 2.11. The van der Waals surface area contributed by atoms with Gasteiger partial charge in [-0.25, -0.2) is 4.79 Å². The van der Waals surface area contributed by atoms with Crippen molar-refractivity contribution in [2.45, 2.75) is 12.5 Å². The first kappa shape index (κ1) is 10.2. The molecule has 1 aliphatic heterocycles. The van der Waals surface area contributed by atoms with Crippen LogP contribution < -0.4 is 10.6 Å². The average molecular weight is 184 g/mol. The Labute approximate surface area is 78.3 Å². The van der Waals surface area contributed by atoms with E-state index in [2.05, 4.69) is 17.2 Å². The second-order valence-corrected chi connectivity index (χ2v) is 3.02. The van der Waals surface area contributed by atoms with E-state index in [1.165, 1.54) is 6.08 Å². The van der Waals surface area contributed by atoms with Crippen molar-refractivity contribution in [3.05, 3.63) is 12.7 Å². The van der Waals surface area contributed by atoms with E-state index in [0.29, 0.717) is 12.6 Å². The molecule has 0 spiro atoms. The lowest BCUT2D eigenvalue weighted by Gasteiger charge is -2.23. The summed E-state index contributed by atoms with van der Waals surface area (Å²) in [5.41, 5.74) is 0. The minimum Gasteiger partial charge on any atom is -0.462 e. The van der Waals surface area contributed by atoms with Crippen LogP contribution in [-0.2, 0) is 9.53 Å². The van der Waals surface area contributed by atoms with Gasteiger partial charge in [-0.05, 0) is 6.42 Å². The van der Waals surface area contributed by atoms with Crippen molar-refractivity contribution in [1.82, 2.24) is 10.6 Å². The molecule has 4 heteroatoms. The molecule has 1 fully saturated rings. The van der Waals surface area contributed by atoms with E-state index in [0.717, 1.165) is 26.1 Å². The van der Waals surface area contributed by atoms with Crippen LogP contribution in [0.2, 0.25) is 0 Å². The number of piperazine rings is 1. The van der Waals surface area contributed by atoms with Crippen molar-refractivity contribution in [2.75, 3.05) is 26.2 Å². The Kier molecular flexibility index (Phi) is 4.49. The topological polar surface area (TPSA) is 50.4 Å². The molecular formula is C9H16N2O2. The molecule has 0 aromatic carbocycles. The van der Waals surface area contributed by atoms with E-state index in [1.54, 1.807) is 0 Å². The first-order valence-electron chi connectivity index (χ1n) is 4.56. The van der Waals surface area contributed by atoms with Gasteiger partial charge in [0, 0.05) is 31.8 Å². The smallest absolute Gasteiger partial charge is 0.330 e. The molecule has 0 aromatic rings. The van der Waals surface area contributed by atoms with Gasteiger partial charge in [0.2, 0.25) is 0 Å². The van der Waals surface area contributed by atoms with Gasteiger partial charge < -0.3 is 15.4 Å². The van der Waals surface area contributed by atoms with Gasteiger partial charge >= 0.3 is 5.97 Å². The maximum absolute atomic E-state index is 10.7. The van der Waals surface area contributed by atoms with Gasteiger partial charge in [-0.1, -0.05) is 6.58 Å². The van der Waals surface area contributed by atoms with Crippen LogP contribution in [0.5, 0.6) is 0 Å². The number of nitrogens with one attached hydrogen (secondary N) is 2. The molecule has 1 rings (SSSR count). The third kappa shape index (κ3) is 4.05. The Bertz CT molecular complexity index is 176. The summed E-state index contributed by atoms with van der Waals surface area (Å²) in [7, 11) is 0. The van der Waals surface area contributed by atoms with Gasteiger partial charge in [-0.15, -0.1) is 0 Å². The Morgan fingerprint density at radius 1 is 1.62 bits per heavy atom. The van der Waals surface area contributed by atoms with Gasteiger partial charge in [0.25, 0.3) is 0 Å². The average Bonchev–Trinajstić information content (AvgIpc) is 2.19. The molecular weight excluding hydrogens is 168 g/mol. The SMILES string of the molecule is C=CC(=O)OCCC1CNCCN1. The summed E-state index contributed by atoms with van der Waals surface area (Å²) in [6.45, 7) is 6.74. The molecule has 13 heavy (non-hydrogen) atoms. The number of esters is 1. The van der Waals surface area contributed by atoms with Crippen LogP contribution in [0.15, 0.2) is 12.7 Å². The number of hydrogen-bond donors (Lipinski definition) is 2. The zero-order valence-corrected chi connectivity index (χ0v) is 7.71. The highest BCUT2D eigenvalue weighted by Crippen LogP contribution is 1.95. The maximum atomic E-state index is 10.7. The lowest BCUT2D eigenvalue weighted by molar-refractivity contribution is -0.137. The van der Waals surface area contributed by atoms with Crippen molar-refractivity contribution in [2.24, 2.45) is 0 Å². The Morgan fingerprint density at radius 2 is 2.46 bits per heavy atom. The summed E-state index contributed by atoms with van der Waals surface area (Å²) in [6, 6.07) is 0.423. The summed E-state index contributed by atoms with van der Waals surface area (Å²) < 4.78 is 4.87. The molecule has 4 nitrogen and oxygen atoms in total. The molecule has 2 N–H and O–H groups in total. The minimum atomic E-state index is -0.344. The van der Waals surface area contributed by atoms with E-state index in [9.17, 15) is 4.79 Å². The van der Waals surface area contributed by atoms with Gasteiger partial charge in [0.05, 0.1) is 6.61 Å². The third-order valence-corrected chi connectivity index (χ3v) is 2.00. The minimum absolute atomic E-state index is 0.344. The first-order valence-corrected chi connectivity index (χ1v) is 4.56. The number of carbonyl (C=O) groups is 1. The fourth-order valence-corrected chi connectivity index (χ4v) is 1.28. The van der Waals surface area contributed by atoms with Crippen molar-refractivity contribution in [1.29, 1.82) is 0 Å². The van der Waals surface area contributed by atoms with Crippen molar-refractivity contribution in [3.63, 3.8) is 0 Å². The second kappa shape index (κ2) is 5.72. The highest BCUT2D eigenvalue weighted by atomic mass is 16.5. The van der Waals surface area contributed by atoms with E-state index in [1.807, 2.05) is 0 Å². The maximum Gasteiger partial charge on any atom is 0.330 e. The number of hydrogen-bond acceptors (Lipinski definition) is 4. The quantitative estimate of drug-likeness (QED) is 0.464. The third-order valence-electron chi connectivity index (χ3n) is 2.00. The molecule has 0 bridgehead atoms. The molecule has 1 heterocycles. The van der Waals surface area contributed by atoms with Crippen LogP contribution in [0.25, 0.3) is 0 Å². The van der Waals surface area contributed by atoms with Crippen LogP contribution in [0.1, 0.15) is 6.42 Å². The number of carbonyl (C=O) groups excluding carboxylic acids is 1. The highest BCUT2D eigenvalue weighted by molar-refractivity contribution is 5.81. The normalized spacial score (nSPS) is 22.3. The van der Waals surface area contributed by atoms with Gasteiger partial charge in [0.1, 0.15) is 0 Å². The first-order chi connectivity index (χ1) is 6.33. The van der Waals surface area contributed by atoms with E-state index in [-0.39, 0.29) is 5.97 Å². The van der Waals surface area contributed by atoms with Crippen LogP contribution in [0.3, 0.4) is 0 Å². The molecule has 0 saturated carbocycles. The van der Waals surface area contributed by atoms with Gasteiger partial charge in [0.15, 0.2) is 0 Å². The number of ether oxygens (including phenoxy) is 1. The lowest BCUT2D eigenvalue weighted by Crippen LogP contribution is -2.48. The molecule has 74 valence electrons. The van der Waals surface area contributed by atoms with Crippen LogP contribution in [0, 0.1) is 0 Å². The monoisotopic (exact) mass is 184 g/mol. The Balaban J connectivity index is 2.04. The Morgan fingerprint density at radius 3 is 3.08 bits per heavy atom. The predicted molar refractivity (Wildman–Crippen MR) is 50.4 cm³/mol.